The van der Waals surface area contributed by atoms with E-state index in [1.165, 1.54) is 12.1 Å². The number of halogens is 1. The molecule has 2 aliphatic rings. The molecule has 1 heterocycles. The molecule has 114 valence electrons. The summed E-state index contributed by atoms with van der Waals surface area (Å²) in [6, 6.07) is 5.91. The third-order valence-corrected chi connectivity index (χ3v) is 4.38. The summed E-state index contributed by atoms with van der Waals surface area (Å²) in [6.07, 6.45) is 2.29. The molecule has 5 nitrogen and oxygen atoms in total. The fourth-order valence-electron chi connectivity index (χ4n) is 3.09. The van der Waals surface area contributed by atoms with E-state index in [2.05, 4.69) is 5.32 Å². The summed E-state index contributed by atoms with van der Waals surface area (Å²) in [4.78, 5) is 12.0. The first kappa shape index (κ1) is 14.3. The minimum absolute atomic E-state index is 0.316. The van der Waals surface area contributed by atoms with Gasteiger partial charge in [0.1, 0.15) is 11.4 Å². The number of amides is 1. The van der Waals surface area contributed by atoms with Gasteiger partial charge < -0.3 is 20.5 Å². The van der Waals surface area contributed by atoms with E-state index in [0.717, 1.165) is 0 Å². The Kier molecular flexibility index (Phi) is 3.59. The first-order chi connectivity index (χ1) is 10.0. The van der Waals surface area contributed by atoms with Gasteiger partial charge in [0.25, 0.3) is 0 Å². The van der Waals surface area contributed by atoms with Crippen LogP contribution in [0.4, 0.5) is 10.1 Å². The number of nitrogens with one attached hydrogen (secondary N) is 1. The molecule has 3 N–H and O–H groups in total. The molecule has 2 fully saturated rings. The molecule has 0 aromatic heterocycles. The molecule has 1 saturated carbocycles. The third kappa shape index (κ3) is 2.73. The molecule has 0 unspecified atom stereocenters. The molecule has 1 amide bonds. The Morgan fingerprint density at radius 1 is 1.10 bits per heavy atom. The molecular weight excluding hydrogens is 275 g/mol. The molecular formula is C15H19FN2O3. The second-order valence-corrected chi connectivity index (χ2v) is 5.69. The zero-order valence-corrected chi connectivity index (χ0v) is 11.7. The summed E-state index contributed by atoms with van der Waals surface area (Å²) in [7, 11) is 0. The maximum absolute atomic E-state index is 13.0. The number of hydrogen-bond donors (Lipinski definition) is 2. The summed E-state index contributed by atoms with van der Waals surface area (Å²) in [5.41, 5.74) is 5.45. The first-order valence-electron chi connectivity index (χ1n) is 7.15. The van der Waals surface area contributed by atoms with Gasteiger partial charge in [-0.25, -0.2) is 4.39 Å². The second-order valence-electron chi connectivity index (χ2n) is 5.69. The Bertz CT molecular complexity index is 516. The van der Waals surface area contributed by atoms with E-state index in [-0.39, 0.29) is 5.82 Å². The molecule has 1 spiro atoms. The average molecular weight is 294 g/mol. The van der Waals surface area contributed by atoms with E-state index in [9.17, 15) is 9.18 Å². The molecule has 21 heavy (non-hydrogen) atoms. The highest BCUT2D eigenvalue weighted by molar-refractivity contribution is 5.88. The van der Waals surface area contributed by atoms with Crippen molar-refractivity contribution < 1.29 is 18.7 Å². The van der Waals surface area contributed by atoms with Crippen LogP contribution in [0.25, 0.3) is 0 Å². The summed E-state index contributed by atoms with van der Waals surface area (Å²) in [6.45, 7) is 1.18. The molecule has 1 aliphatic carbocycles. The lowest BCUT2D eigenvalue weighted by atomic mass is 9.78. The van der Waals surface area contributed by atoms with Gasteiger partial charge in [-0.3, -0.25) is 4.79 Å². The van der Waals surface area contributed by atoms with Gasteiger partial charge >= 0.3 is 0 Å². The number of benzene rings is 1. The van der Waals surface area contributed by atoms with Gasteiger partial charge in [-0.2, -0.15) is 0 Å². The summed E-state index contributed by atoms with van der Waals surface area (Å²) < 4.78 is 24.3. The van der Waals surface area contributed by atoms with E-state index in [4.69, 9.17) is 15.2 Å². The topological polar surface area (TPSA) is 73.6 Å². The predicted molar refractivity (Wildman–Crippen MR) is 75.1 cm³/mol. The Labute approximate surface area is 122 Å². The molecule has 1 saturated heterocycles. The number of carbonyl (C=O) groups is 1. The molecule has 3 rings (SSSR count). The van der Waals surface area contributed by atoms with Crippen molar-refractivity contribution >= 4 is 11.6 Å². The highest BCUT2D eigenvalue weighted by Gasteiger charge is 2.49. The van der Waals surface area contributed by atoms with E-state index in [1.807, 2.05) is 0 Å². The minimum atomic E-state index is -0.835. The fraction of sp³-hybridized carbons (Fsp3) is 0.533. The molecule has 0 radical (unpaired) electrons. The van der Waals surface area contributed by atoms with Gasteiger partial charge in [0.15, 0.2) is 5.79 Å². The number of primary amides is 1. The lowest BCUT2D eigenvalue weighted by Gasteiger charge is -2.42. The van der Waals surface area contributed by atoms with E-state index >= 15 is 0 Å². The molecule has 1 aromatic carbocycles. The van der Waals surface area contributed by atoms with Crippen molar-refractivity contribution in [2.75, 3.05) is 18.5 Å². The number of rotatable bonds is 3. The van der Waals surface area contributed by atoms with E-state index in [0.29, 0.717) is 44.6 Å². The van der Waals surface area contributed by atoms with Crippen molar-refractivity contribution in [2.24, 2.45) is 5.73 Å². The van der Waals surface area contributed by atoms with Crippen molar-refractivity contribution in [3.8, 4) is 0 Å². The van der Waals surface area contributed by atoms with Gasteiger partial charge in [-0.05, 0) is 37.1 Å². The van der Waals surface area contributed by atoms with Crippen LogP contribution in [0.2, 0.25) is 0 Å². The number of hydrogen-bond acceptors (Lipinski definition) is 4. The Hall–Kier alpha value is -1.66. The van der Waals surface area contributed by atoms with Crippen molar-refractivity contribution in [2.45, 2.75) is 37.0 Å². The van der Waals surface area contributed by atoms with Crippen LogP contribution in [0.3, 0.4) is 0 Å². The number of nitrogens with two attached hydrogens (primary N) is 1. The highest BCUT2D eigenvalue weighted by Crippen LogP contribution is 2.41. The van der Waals surface area contributed by atoms with Crippen LogP contribution in [0.5, 0.6) is 0 Å². The monoisotopic (exact) mass is 294 g/mol. The van der Waals surface area contributed by atoms with Crippen LogP contribution in [-0.4, -0.2) is 30.4 Å². The van der Waals surface area contributed by atoms with Crippen molar-refractivity contribution in [1.82, 2.24) is 0 Å². The van der Waals surface area contributed by atoms with Crippen LogP contribution in [0, 0.1) is 5.82 Å². The summed E-state index contributed by atoms with van der Waals surface area (Å²) in [5.74, 6) is -1.27. The Balaban J connectivity index is 1.75. The lowest BCUT2D eigenvalue weighted by molar-refractivity contribution is -0.183. The SMILES string of the molecule is NC(=O)C1(Nc2ccc(F)cc2)CCC2(CC1)OCCO2. The van der Waals surface area contributed by atoms with Crippen LogP contribution < -0.4 is 11.1 Å². The quantitative estimate of drug-likeness (QED) is 0.891. The van der Waals surface area contributed by atoms with Crippen molar-refractivity contribution in [3.63, 3.8) is 0 Å². The van der Waals surface area contributed by atoms with E-state index in [1.54, 1.807) is 12.1 Å². The van der Waals surface area contributed by atoms with Gasteiger partial charge in [-0.1, -0.05) is 0 Å². The smallest absolute Gasteiger partial charge is 0.243 e. The second kappa shape index (κ2) is 5.27. The Morgan fingerprint density at radius 2 is 1.67 bits per heavy atom. The zero-order valence-electron chi connectivity index (χ0n) is 11.7. The molecule has 1 aliphatic heterocycles. The lowest BCUT2D eigenvalue weighted by Crippen LogP contribution is -2.55. The standard InChI is InChI=1S/C15H19FN2O3/c16-11-1-3-12(4-2-11)18-14(13(17)19)5-7-15(8-6-14)20-9-10-21-15/h1-4,18H,5-10H2,(H2,17,19). The van der Waals surface area contributed by atoms with Crippen molar-refractivity contribution in [1.29, 1.82) is 0 Å². The number of carbonyl (C=O) groups excluding carboxylic acids is 1. The Morgan fingerprint density at radius 3 is 2.19 bits per heavy atom. The van der Waals surface area contributed by atoms with Gasteiger partial charge in [0.05, 0.1) is 13.2 Å². The molecule has 0 atom stereocenters. The van der Waals surface area contributed by atoms with Gasteiger partial charge in [-0.15, -0.1) is 0 Å². The van der Waals surface area contributed by atoms with Crippen LogP contribution >= 0.6 is 0 Å². The van der Waals surface area contributed by atoms with Crippen LogP contribution in [0.15, 0.2) is 24.3 Å². The van der Waals surface area contributed by atoms with Gasteiger partial charge in [0.2, 0.25) is 5.91 Å². The molecule has 6 heteroatoms. The summed E-state index contributed by atoms with van der Waals surface area (Å²) in [5, 5.41) is 3.18. The van der Waals surface area contributed by atoms with E-state index < -0.39 is 17.2 Å². The summed E-state index contributed by atoms with van der Waals surface area (Å²) >= 11 is 0. The number of anilines is 1. The minimum Gasteiger partial charge on any atom is -0.371 e. The zero-order chi connectivity index (χ0) is 14.9. The molecule has 1 aromatic rings. The van der Waals surface area contributed by atoms with Gasteiger partial charge in [0, 0.05) is 18.5 Å². The fourth-order valence-corrected chi connectivity index (χ4v) is 3.09. The van der Waals surface area contributed by atoms with Crippen molar-refractivity contribution in [3.05, 3.63) is 30.1 Å². The first-order valence-corrected chi connectivity index (χ1v) is 7.15. The maximum Gasteiger partial charge on any atom is 0.243 e. The highest BCUT2D eigenvalue weighted by atomic mass is 19.1. The molecule has 0 bridgehead atoms. The largest absolute Gasteiger partial charge is 0.371 e. The predicted octanol–water partition coefficient (Wildman–Crippen LogP) is 1.78. The normalized spacial score (nSPS) is 23.1. The van der Waals surface area contributed by atoms with Crippen LogP contribution in [0.1, 0.15) is 25.7 Å². The maximum atomic E-state index is 13.0. The van der Waals surface area contributed by atoms with Crippen LogP contribution in [-0.2, 0) is 14.3 Å². The third-order valence-electron chi connectivity index (χ3n) is 4.38. The average Bonchev–Trinajstić information content (AvgIpc) is 2.93. The number of ether oxygens (including phenoxy) is 2.